The van der Waals surface area contributed by atoms with Crippen LogP contribution in [0.5, 0.6) is 0 Å². The molecule has 0 fully saturated rings. The van der Waals surface area contributed by atoms with Crippen LogP contribution in [0.3, 0.4) is 0 Å². The zero-order chi connectivity index (χ0) is 16.4. The summed E-state index contributed by atoms with van der Waals surface area (Å²) in [6.07, 6.45) is 7.62. The minimum atomic E-state index is -0.0932. The molecule has 0 aliphatic carbocycles. The second-order valence-corrected chi connectivity index (χ2v) is 5.52. The summed E-state index contributed by atoms with van der Waals surface area (Å²) < 4.78 is 3.80. The van der Waals surface area contributed by atoms with Crippen LogP contribution in [0, 0.1) is 0 Å². The van der Waals surface area contributed by atoms with Crippen LogP contribution in [-0.4, -0.2) is 20.1 Å². The zero-order valence-corrected chi connectivity index (χ0v) is 13.0. The van der Waals surface area contributed by atoms with Gasteiger partial charge in [0.15, 0.2) is 0 Å². The van der Waals surface area contributed by atoms with Gasteiger partial charge in [-0.3, -0.25) is 4.79 Å². The van der Waals surface area contributed by atoms with E-state index in [2.05, 4.69) is 10.4 Å². The third-order valence-electron chi connectivity index (χ3n) is 3.98. The lowest BCUT2D eigenvalue weighted by Gasteiger charge is -2.06. The minimum absolute atomic E-state index is 0.0932. The molecule has 0 saturated carbocycles. The highest BCUT2D eigenvalue weighted by Crippen LogP contribution is 2.12. The first-order valence-electron chi connectivity index (χ1n) is 7.74. The van der Waals surface area contributed by atoms with Gasteiger partial charge in [0, 0.05) is 41.9 Å². The SMILES string of the molecule is O=C(NCc1cnn2ccccc12)c1ccc(-n2cccc2)cc1. The molecule has 0 unspecified atom stereocenters. The Bertz CT molecular complexity index is 968. The van der Waals surface area contributed by atoms with Gasteiger partial charge in [0.05, 0.1) is 11.7 Å². The number of carbonyl (C=O) groups excluding carboxylic acids is 1. The van der Waals surface area contributed by atoms with E-state index in [1.165, 1.54) is 0 Å². The molecular formula is C19H16N4O. The molecule has 5 heteroatoms. The Kier molecular flexibility index (Phi) is 3.59. The van der Waals surface area contributed by atoms with Crippen molar-refractivity contribution in [2.24, 2.45) is 0 Å². The number of hydrogen-bond acceptors (Lipinski definition) is 2. The van der Waals surface area contributed by atoms with Gasteiger partial charge in [0.2, 0.25) is 0 Å². The van der Waals surface area contributed by atoms with Gasteiger partial charge in [-0.1, -0.05) is 6.07 Å². The molecule has 118 valence electrons. The van der Waals surface area contributed by atoms with E-state index < -0.39 is 0 Å². The quantitative estimate of drug-likeness (QED) is 0.629. The number of benzene rings is 1. The van der Waals surface area contributed by atoms with Crippen molar-refractivity contribution in [1.29, 1.82) is 0 Å². The van der Waals surface area contributed by atoms with E-state index in [4.69, 9.17) is 0 Å². The molecule has 3 heterocycles. The summed E-state index contributed by atoms with van der Waals surface area (Å²) in [5.41, 5.74) is 3.66. The van der Waals surface area contributed by atoms with E-state index in [0.29, 0.717) is 12.1 Å². The summed E-state index contributed by atoms with van der Waals surface area (Å²) in [6, 6.07) is 17.3. The van der Waals surface area contributed by atoms with Crippen molar-refractivity contribution in [3.63, 3.8) is 0 Å². The van der Waals surface area contributed by atoms with E-state index in [1.807, 2.05) is 77.8 Å². The van der Waals surface area contributed by atoms with Crippen molar-refractivity contribution in [2.45, 2.75) is 6.54 Å². The average Bonchev–Trinajstić information content (AvgIpc) is 3.30. The van der Waals surface area contributed by atoms with Gasteiger partial charge in [0.1, 0.15) is 0 Å². The van der Waals surface area contributed by atoms with Crippen molar-refractivity contribution in [1.82, 2.24) is 19.5 Å². The number of fused-ring (bicyclic) bond motifs is 1. The van der Waals surface area contributed by atoms with Crippen molar-refractivity contribution >= 4 is 11.4 Å². The van der Waals surface area contributed by atoms with Crippen LogP contribution >= 0.6 is 0 Å². The van der Waals surface area contributed by atoms with E-state index in [9.17, 15) is 4.79 Å². The van der Waals surface area contributed by atoms with Crippen LogP contribution < -0.4 is 5.32 Å². The molecule has 0 atom stereocenters. The summed E-state index contributed by atoms with van der Waals surface area (Å²) >= 11 is 0. The third-order valence-corrected chi connectivity index (χ3v) is 3.98. The van der Waals surface area contributed by atoms with Gasteiger partial charge < -0.3 is 9.88 Å². The van der Waals surface area contributed by atoms with Crippen molar-refractivity contribution < 1.29 is 4.79 Å². The molecule has 0 aliphatic heterocycles. The molecular weight excluding hydrogens is 300 g/mol. The second-order valence-electron chi connectivity index (χ2n) is 5.52. The van der Waals surface area contributed by atoms with Gasteiger partial charge in [-0.05, 0) is 48.5 Å². The highest BCUT2D eigenvalue weighted by atomic mass is 16.1. The molecule has 0 saturated heterocycles. The summed E-state index contributed by atoms with van der Waals surface area (Å²) in [7, 11) is 0. The predicted molar refractivity (Wildman–Crippen MR) is 92.1 cm³/mol. The van der Waals surface area contributed by atoms with Crippen LogP contribution in [0.1, 0.15) is 15.9 Å². The first kappa shape index (κ1) is 14.3. The smallest absolute Gasteiger partial charge is 0.251 e. The second kappa shape index (κ2) is 6.04. The average molecular weight is 316 g/mol. The lowest BCUT2D eigenvalue weighted by Crippen LogP contribution is -2.22. The maximum Gasteiger partial charge on any atom is 0.251 e. The summed E-state index contributed by atoms with van der Waals surface area (Å²) in [6.45, 7) is 0.450. The fraction of sp³-hybridized carbons (Fsp3) is 0.0526. The van der Waals surface area contributed by atoms with Gasteiger partial charge >= 0.3 is 0 Å². The molecule has 5 nitrogen and oxygen atoms in total. The van der Waals surface area contributed by atoms with Gasteiger partial charge in [-0.2, -0.15) is 5.10 Å². The Morgan fingerprint density at radius 2 is 1.71 bits per heavy atom. The van der Waals surface area contributed by atoms with Crippen molar-refractivity contribution in [3.05, 3.63) is 90.5 Å². The van der Waals surface area contributed by atoms with Gasteiger partial charge in [-0.15, -0.1) is 0 Å². The van der Waals surface area contributed by atoms with Gasteiger partial charge in [0.25, 0.3) is 5.91 Å². The number of rotatable bonds is 4. The monoisotopic (exact) mass is 316 g/mol. The van der Waals surface area contributed by atoms with E-state index in [1.54, 1.807) is 10.7 Å². The van der Waals surface area contributed by atoms with Crippen LogP contribution in [0.4, 0.5) is 0 Å². The summed E-state index contributed by atoms with van der Waals surface area (Å²) in [5.74, 6) is -0.0932. The molecule has 0 aliphatic rings. The standard InChI is InChI=1S/C19H16N4O/c24-19(15-6-8-17(9-7-15)22-10-3-4-11-22)20-13-16-14-21-23-12-2-1-5-18(16)23/h1-12,14H,13H2,(H,20,24). The Labute approximate surface area is 139 Å². The lowest BCUT2D eigenvalue weighted by molar-refractivity contribution is 0.0951. The largest absolute Gasteiger partial charge is 0.348 e. The lowest BCUT2D eigenvalue weighted by atomic mass is 10.2. The molecule has 0 spiro atoms. The maximum absolute atomic E-state index is 12.3. The number of aromatic nitrogens is 3. The van der Waals surface area contributed by atoms with Gasteiger partial charge in [-0.25, -0.2) is 4.52 Å². The normalized spacial score (nSPS) is 10.8. The van der Waals surface area contributed by atoms with Crippen molar-refractivity contribution in [2.75, 3.05) is 0 Å². The first-order chi connectivity index (χ1) is 11.8. The zero-order valence-electron chi connectivity index (χ0n) is 13.0. The Balaban J connectivity index is 1.46. The number of hydrogen-bond donors (Lipinski definition) is 1. The summed E-state index contributed by atoms with van der Waals surface area (Å²) in [5, 5.41) is 7.22. The third kappa shape index (κ3) is 2.67. The Hall–Kier alpha value is -3.34. The molecule has 0 bridgehead atoms. The fourth-order valence-electron chi connectivity index (χ4n) is 2.69. The molecule has 1 N–H and O–H groups in total. The number of pyridine rings is 1. The molecule has 24 heavy (non-hydrogen) atoms. The Morgan fingerprint density at radius 1 is 0.958 bits per heavy atom. The number of nitrogens with one attached hydrogen (secondary N) is 1. The number of carbonyl (C=O) groups is 1. The van der Waals surface area contributed by atoms with Crippen LogP contribution in [-0.2, 0) is 6.54 Å². The maximum atomic E-state index is 12.3. The van der Waals surface area contributed by atoms with Crippen molar-refractivity contribution in [3.8, 4) is 5.69 Å². The molecule has 1 amide bonds. The molecule has 4 aromatic rings. The van der Waals surface area contributed by atoms with E-state index in [-0.39, 0.29) is 5.91 Å². The van der Waals surface area contributed by atoms with Crippen LogP contribution in [0.15, 0.2) is 79.4 Å². The fourth-order valence-corrected chi connectivity index (χ4v) is 2.69. The van der Waals surface area contributed by atoms with E-state index >= 15 is 0 Å². The van der Waals surface area contributed by atoms with E-state index in [0.717, 1.165) is 16.8 Å². The number of nitrogens with zero attached hydrogens (tertiary/aromatic N) is 3. The highest BCUT2D eigenvalue weighted by Gasteiger charge is 2.08. The molecule has 0 radical (unpaired) electrons. The Morgan fingerprint density at radius 3 is 2.50 bits per heavy atom. The molecule has 4 rings (SSSR count). The number of amides is 1. The first-order valence-corrected chi connectivity index (χ1v) is 7.74. The van der Waals surface area contributed by atoms with Crippen LogP contribution in [0.2, 0.25) is 0 Å². The molecule has 1 aromatic carbocycles. The van der Waals surface area contributed by atoms with Crippen LogP contribution in [0.25, 0.3) is 11.2 Å². The minimum Gasteiger partial charge on any atom is -0.348 e. The highest BCUT2D eigenvalue weighted by molar-refractivity contribution is 5.94. The predicted octanol–water partition coefficient (Wildman–Crippen LogP) is 3.06. The summed E-state index contributed by atoms with van der Waals surface area (Å²) in [4.78, 5) is 12.3. The topological polar surface area (TPSA) is 51.3 Å². The molecule has 3 aromatic heterocycles.